The molecule has 1 fully saturated rings. The molecular weight excluding hydrogens is 252 g/mol. The molecule has 0 aromatic heterocycles. The Morgan fingerprint density at radius 1 is 1.21 bits per heavy atom. The Labute approximate surface area is 121 Å². The predicted octanol–water partition coefficient (Wildman–Crippen LogP) is 3.07. The van der Waals surface area contributed by atoms with E-state index >= 15 is 0 Å². The highest BCUT2D eigenvalue weighted by molar-refractivity contribution is 8.00. The van der Waals surface area contributed by atoms with E-state index in [1.165, 1.54) is 11.1 Å². The third kappa shape index (κ3) is 3.74. The summed E-state index contributed by atoms with van der Waals surface area (Å²) in [6.45, 7) is 9.83. The summed E-state index contributed by atoms with van der Waals surface area (Å²) in [5, 5.41) is 1.40. The van der Waals surface area contributed by atoms with Gasteiger partial charge in [-0.1, -0.05) is 45.0 Å². The Morgan fingerprint density at radius 3 is 2.26 bits per heavy atom. The molecule has 1 heterocycles. The maximum Gasteiger partial charge on any atom is 0.0471 e. The number of nitrogens with zero attached hydrogens (tertiary/aromatic N) is 1. The molecule has 3 heteroatoms. The van der Waals surface area contributed by atoms with Crippen molar-refractivity contribution in [2.45, 2.75) is 43.7 Å². The first-order chi connectivity index (χ1) is 9.13. The van der Waals surface area contributed by atoms with Gasteiger partial charge in [0.15, 0.2) is 0 Å². The van der Waals surface area contributed by atoms with Gasteiger partial charge in [0.25, 0.3) is 0 Å². The Balaban J connectivity index is 2.13. The zero-order valence-electron chi connectivity index (χ0n) is 12.3. The second-order valence-corrected chi connectivity index (χ2v) is 7.44. The highest BCUT2D eigenvalue weighted by Crippen LogP contribution is 2.30. The average Bonchev–Trinajstić information content (AvgIpc) is 2.39. The molecule has 3 atom stereocenters. The Hall–Kier alpha value is -0.510. The second kappa shape index (κ2) is 6.78. The lowest BCUT2D eigenvalue weighted by molar-refractivity contribution is 0.199. The topological polar surface area (TPSA) is 29.3 Å². The van der Waals surface area contributed by atoms with Crippen LogP contribution in [0.15, 0.2) is 24.3 Å². The van der Waals surface area contributed by atoms with Crippen LogP contribution >= 0.6 is 11.8 Å². The van der Waals surface area contributed by atoms with Crippen molar-refractivity contribution >= 4 is 11.8 Å². The van der Waals surface area contributed by atoms with Gasteiger partial charge < -0.3 is 5.73 Å². The van der Waals surface area contributed by atoms with Crippen molar-refractivity contribution in [3.05, 3.63) is 35.4 Å². The van der Waals surface area contributed by atoms with Crippen LogP contribution in [0.2, 0.25) is 0 Å². The van der Waals surface area contributed by atoms with E-state index in [2.05, 4.69) is 61.7 Å². The lowest BCUT2D eigenvalue weighted by atomic mass is 10.0. The molecule has 1 saturated heterocycles. The minimum Gasteiger partial charge on any atom is -0.329 e. The van der Waals surface area contributed by atoms with E-state index in [0.29, 0.717) is 23.1 Å². The number of rotatable bonds is 4. The minimum atomic E-state index is 0.372. The number of hydrogen-bond donors (Lipinski definition) is 1. The molecule has 0 bridgehead atoms. The molecule has 0 spiro atoms. The number of nitrogens with two attached hydrogens (primary N) is 1. The minimum absolute atomic E-state index is 0.372. The van der Waals surface area contributed by atoms with E-state index in [4.69, 9.17) is 5.73 Å². The Bertz CT molecular complexity index is 380. The monoisotopic (exact) mass is 278 g/mol. The van der Waals surface area contributed by atoms with Crippen molar-refractivity contribution in [1.29, 1.82) is 0 Å². The van der Waals surface area contributed by atoms with Crippen LogP contribution in [0.3, 0.4) is 0 Å². The summed E-state index contributed by atoms with van der Waals surface area (Å²) < 4.78 is 0. The average molecular weight is 278 g/mol. The molecule has 2 nitrogen and oxygen atoms in total. The molecule has 1 aromatic carbocycles. The van der Waals surface area contributed by atoms with Gasteiger partial charge in [-0.25, -0.2) is 0 Å². The van der Waals surface area contributed by atoms with Gasteiger partial charge in [-0.3, -0.25) is 4.90 Å². The van der Waals surface area contributed by atoms with Gasteiger partial charge in [0.1, 0.15) is 0 Å². The van der Waals surface area contributed by atoms with Gasteiger partial charge in [-0.05, 0) is 17.5 Å². The number of aryl methyl sites for hydroxylation is 1. The molecule has 19 heavy (non-hydrogen) atoms. The Kier molecular flexibility index (Phi) is 5.31. The van der Waals surface area contributed by atoms with E-state index in [1.54, 1.807) is 0 Å². The van der Waals surface area contributed by atoms with Crippen LogP contribution in [0.25, 0.3) is 0 Å². The van der Waals surface area contributed by atoms with Gasteiger partial charge in [0.2, 0.25) is 0 Å². The van der Waals surface area contributed by atoms with Gasteiger partial charge in [-0.15, -0.1) is 0 Å². The molecule has 0 radical (unpaired) electrons. The molecule has 1 aliphatic rings. The smallest absolute Gasteiger partial charge is 0.0471 e. The van der Waals surface area contributed by atoms with Crippen molar-refractivity contribution in [3.63, 3.8) is 0 Å². The summed E-state index contributed by atoms with van der Waals surface area (Å²) in [5.41, 5.74) is 8.81. The zero-order valence-corrected chi connectivity index (χ0v) is 13.1. The molecule has 106 valence electrons. The van der Waals surface area contributed by atoms with E-state index < -0.39 is 0 Å². The van der Waals surface area contributed by atoms with Crippen molar-refractivity contribution in [1.82, 2.24) is 4.90 Å². The third-order valence-corrected chi connectivity index (χ3v) is 5.11. The molecular formula is C16H26N2S. The van der Waals surface area contributed by atoms with E-state index in [9.17, 15) is 0 Å². The SMILES string of the molecule is CCc1ccc(C(CN)N2CC(C)SC(C)C2)cc1. The maximum atomic E-state index is 6.05. The quantitative estimate of drug-likeness (QED) is 0.918. The lowest BCUT2D eigenvalue weighted by Gasteiger charge is -2.39. The molecule has 1 aliphatic heterocycles. The zero-order chi connectivity index (χ0) is 13.8. The van der Waals surface area contributed by atoms with Gasteiger partial charge in [-0.2, -0.15) is 11.8 Å². The van der Waals surface area contributed by atoms with E-state index in [1.807, 2.05) is 0 Å². The highest BCUT2D eigenvalue weighted by Gasteiger charge is 2.27. The van der Waals surface area contributed by atoms with Crippen LogP contribution in [0, 0.1) is 0 Å². The second-order valence-electron chi connectivity index (χ2n) is 5.56. The number of benzene rings is 1. The van der Waals surface area contributed by atoms with E-state index in [0.717, 1.165) is 19.5 Å². The van der Waals surface area contributed by atoms with Crippen molar-refractivity contribution in [3.8, 4) is 0 Å². The number of hydrogen-bond acceptors (Lipinski definition) is 3. The van der Waals surface area contributed by atoms with Crippen molar-refractivity contribution in [2.75, 3.05) is 19.6 Å². The molecule has 0 amide bonds. The molecule has 3 unspecified atom stereocenters. The van der Waals surface area contributed by atoms with Crippen LogP contribution in [0.1, 0.15) is 37.9 Å². The first-order valence-electron chi connectivity index (χ1n) is 7.32. The maximum absolute atomic E-state index is 6.05. The summed E-state index contributed by atoms with van der Waals surface area (Å²) >= 11 is 2.09. The van der Waals surface area contributed by atoms with Crippen LogP contribution in [-0.2, 0) is 6.42 Å². The first-order valence-corrected chi connectivity index (χ1v) is 8.26. The summed E-state index contributed by atoms with van der Waals surface area (Å²) in [7, 11) is 0. The standard InChI is InChI=1S/C16H26N2S/c1-4-14-5-7-15(8-6-14)16(9-17)18-10-12(2)19-13(3)11-18/h5-8,12-13,16H,4,9-11,17H2,1-3H3. The largest absolute Gasteiger partial charge is 0.329 e. The summed E-state index contributed by atoms with van der Waals surface area (Å²) in [4.78, 5) is 2.56. The van der Waals surface area contributed by atoms with Gasteiger partial charge in [0, 0.05) is 36.2 Å². The lowest BCUT2D eigenvalue weighted by Crippen LogP contribution is -2.44. The van der Waals surface area contributed by atoms with Gasteiger partial charge in [0.05, 0.1) is 0 Å². The molecule has 2 N–H and O–H groups in total. The van der Waals surface area contributed by atoms with E-state index in [-0.39, 0.29) is 0 Å². The normalized spacial score (nSPS) is 26.3. The molecule has 0 aliphatic carbocycles. The third-order valence-electron chi connectivity index (χ3n) is 3.88. The van der Waals surface area contributed by atoms with Crippen LogP contribution in [0.5, 0.6) is 0 Å². The Morgan fingerprint density at radius 2 is 1.79 bits per heavy atom. The summed E-state index contributed by atoms with van der Waals surface area (Å²) in [6, 6.07) is 9.37. The van der Waals surface area contributed by atoms with Crippen molar-refractivity contribution in [2.24, 2.45) is 5.73 Å². The fraction of sp³-hybridized carbons (Fsp3) is 0.625. The molecule has 1 aromatic rings. The fourth-order valence-corrected chi connectivity index (χ4v) is 4.29. The first kappa shape index (κ1) is 14.9. The van der Waals surface area contributed by atoms with Crippen LogP contribution in [-0.4, -0.2) is 35.0 Å². The summed E-state index contributed by atoms with van der Waals surface area (Å²) in [5.74, 6) is 0. The highest BCUT2D eigenvalue weighted by atomic mass is 32.2. The van der Waals surface area contributed by atoms with Gasteiger partial charge >= 0.3 is 0 Å². The summed E-state index contributed by atoms with van der Waals surface area (Å²) in [6.07, 6.45) is 1.10. The fourth-order valence-electron chi connectivity index (χ4n) is 2.94. The van der Waals surface area contributed by atoms with Crippen LogP contribution < -0.4 is 5.73 Å². The predicted molar refractivity (Wildman–Crippen MR) is 85.7 cm³/mol. The van der Waals surface area contributed by atoms with Crippen molar-refractivity contribution < 1.29 is 0 Å². The number of thioether (sulfide) groups is 1. The van der Waals surface area contributed by atoms with Crippen LogP contribution in [0.4, 0.5) is 0 Å². The molecule has 2 rings (SSSR count). The molecule has 0 saturated carbocycles.